The van der Waals surface area contributed by atoms with Gasteiger partial charge in [0.15, 0.2) is 5.82 Å². The first-order valence-corrected chi connectivity index (χ1v) is 5.50. The zero-order valence-electron chi connectivity index (χ0n) is 10.4. The normalized spacial score (nSPS) is 11.4. The molecule has 86 valence electrons. The van der Waals surface area contributed by atoms with Crippen molar-refractivity contribution in [2.75, 3.05) is 0 Å². The predicted octanol–water partition coefficient (Wildman–Crippen LogP) is 3.11. The molecule has 16 heavy (non-hydrogen) atoms. The quantitative estimate of drug-likeness (QED) is 0.844. The topological polar surface area (TPSA) is 54.7 Å². The second-order valence-electron chi connectivity index (χ2n) is 4.41. The van der Waals surface area contributed by atoms with Gasteiger partial charge in [-0.25, -0.2) is 4.98 Å². The Morgan fingerprint density at radius 3 is 2.25 bits per heavy atom. The summed E-state index contributed by atoms with van der Waals surface area (Å²) in [4.78, 5) is 4.49. The van der Waals surface area contributed by atoms with Gasteiger partial charge in [0.2, 0.25) is 0 Å². The van der Waals surface area contributed by atoms with Crippen LogP contribution in [0.25, 0.3) is 11.4 Å². The average Bonchev–Trinajstić information content (AvgIpc) is 2.74. The van der Waals surface area contributed by atoms with Crippen LogP contribution < -0.4 is 0 Å². The second-order valence-corrected chi connectivity index (χ2v) is 4.41. The number of H-pyrrole nitrogens is 1. The van der Waals surface area contributed by atoms with Crippen LogP contribution in [0.1, 0.15) is 42.7 Å². The van der Waals surface area contributed by atoms with Crippen LogP contribution in [0.5, 0.6) is 0 Å². The monoisotopic (exact) mass is 219 g/mol. The van der Waals surface area contributed by atoms with Gasteiger partial charge in [-0.15, -0.1) is 0 Å². The van der Waals surface area contributed by atoms with E-state index in [-0.39, 0.29) is 0 Å². The highest BCUT2D eigenvalue weighted by Gasteiger charge is 2.17. The number of hydrogen-bond donors (Lipinski definition) is 1. The highest BCUT2D eigenvalue weighted by molar-refractivity contribution is 5.63. The van der Waals surface area contributed by atoms with Gasteiger partial charge in [0.1, 0.15) is 17.3 Å². The Morgan fingerprint density at radius 2 is 1.81 bits per heavy atom. The van der Waals surface area contributed by atoms with E-state index in [4.69, 9.17) is 4.42 Å². The summed E-state index contributed by atoms with van der Waals surface area (Å²) in [5.41, 5.74) is 2.13. The molecule has 2 heterocycles. The molecule has 0 aliphatic rings. The summed E-state index contributed by atoms with van der Waals surface area (Å²) in [5.74, 6) is 3.81. The van der Waals surface area contributed by atoms with Gasteiger partial charge in [0.25, 0.3) is 0 Å². The fraction of sp³-hybridized carbons (Fsp3) is 0.500. The van der Waals surface area contributed by atoms with Crippen molar-refractivity contribution in [2.24, 2.45) is 0 Å². The Hall–Kier alpha value is -1.58. The number of furan rings is 1. The molecule has 0 bridgehead atoms. The van der Waals surface area contributed by atoms with Gasteiger partial charge >= 0.3 is 0 Å². The van der Waals surface area contributed by atoms with Crippen LogP contribution in [0.3, 0.4) is 0 Å². The van der Waals surface area contributed by atoms with Crippen LogP contribution in [0.2, 0.25) is 0 Å². The number of nitrogens with one attached hydrogen (secondary N) is 1. The zero-order valence-corrected chi connectivity index (χ0v) is 10.4. The molecule has 0 radical (unpaired) electrons. The molecule has 0 aliphatic carbocycles. The lowest BCUT2D eigenvalue weighted by molar-refractivity contribution is 0.503. The van der Waals surface area contributed by atoms with Crippen LogP contribution in [0, 0.1) is 20.8 Å². The molecular weight excluding hydrogens is 202 g/mol. The lowest BCUT2D eigenvalue weighted by Gasteiger charge is -1.96. The van der Waals surface area contributed by atoms with Gasteiger partial charge in [-0.1, -0.05) is 13.8 Å². The minimum atomic E-state index is 0.356. The van der Waals surface area contributed by atoms with E-state index in [0.717, 1.165) is 34.3 Å². The van der Waals surface area contributed by atoms with E-state index in [1.807, 2.05) is 20.8 Å². The standard InChI is InChI=1S/C12H17N3O/c1-6(2)11-13-12(15-14-11)10-7(3)8(4)16-9(10)5/h6H,1-5H3,(H,13,14,15). The SMILES string of the molecule is Cc1oc(C)c(-c2n[nH]c(C(C)C)n2)c1C. The Bertz CT molecular complexity index is 508. The molecule has 0 saturated carbocycles. The third kappa shape index (κ3) is 1.64. The van der Waals surface area contributed by atoms with Gasteiger partial charge in [0.05, 0.1) is 5.56 Å². The van der Waals surface area contributed by atoms with Crippen molar-refractivity contribution in [1.29, 1.82) is 0 Å². The van der Waals surface area contributed by atoms with Crippen molar-refractivity contribution in [3.63, 3.8) is 0 Å². The van der Waals surface area contributed by atoms with Gasteiger partial charge in [-0.3, -0.25) is 5.10 Å². The van der Waals surface area contributed by atoms with Gasteiger partial charge in [0, 0.05) is 11.5 Å². The van der Waals surface area contributed by atoms with Crippen molar-refractivity contribution < 1.29 is 4.42 Å². The first kappa shape index (κ1) is 10.9. The van der Waals surface area contributed by atoms with E-state index in [2.05, 4.69) is 29.0 Å². The molecule has 0 atom stereocenters. The molecule has 0 aromatic carbocycles. The molecule has 0 spiro atoms. The van der Waals surface area contributed by atoms with Gasteiger partial charge in [-0.05, 0) is 20.8 Å². The summed E-state index contributed by atoms with van der Waals surface area (Å²) in [6, 6.07) is 0. The molecule has 2 aromatic rings. The van der Waals surface area contributed by atoms with Crippen molar-refractivity contribution in [1.82, 2.24) is 15.2 Å². The fourth-order valence-electron chi connectivity index (χ4n) is 1.77. The summed E-state index contributed by atoms with van der Waals surface area (Å²) in [6.45, 7) is 10.1. The summed E-state index contributed by atoms with van der Waals surface area (Å²) < 4.78 is 5.58. The molecule has 0 saturated heterocycles. The Labute approximate surface area is 95.1 Å². The summed E-state index contributed by atoms with van der Waals surface area (Å²) in [7, 11) is 0. The van der Waals surface area contributed by atoms with E-state index < -0.39 is 0 Å². The number of rotatable bonds is 2. The van der Waals surface area contributed by atoms with Gasteiger partial charge < -0.3 is 4.42 Å². The van der Waals surface area contributed by atoms with E-state index in [9.17, 15) is 0 Å². The van der Waals surface area contributed by atoms with E-state index >= 15 is 0 Å². The van der Waals surface area contributed by atoms with E-state index in [0.29, 0.717) is 5.92 Å². The molecule has 0 amide bonds. The Balaban J connectivity index is 2.50. The minimum absolute atomic E-state index is 0.356. The molecule has 2 rings (SSSR count). The molecule has 4 heteroatoms. The van der Waals surface area contributed by atoms with Crippen molar-refractivity contribution in [2.45, 2.75) is 40.5 Å². The van der Waals surface area contributed by atoms with Crippen LogP contribution in [-0.4, -0.2) is 15.2 Å². The Kier molecular flexibility index (Phi) is 2.58. The second kappa shape index (κ2) is 3.77. The average molecular weight is 219 g/mol. The highest BCUT2D eigenvalue weighted by atomic mass is 16.3. The molecule has 4 nitrogen and oxygen atoms in total. The third-order valence-corrected chi connectivity index (χ3v) is 2.83. The summed E-state index contributed by atoms with van der Waals surface area (Å²) in [6.07, 6.45) is 0. The van der Waals surface area contributed by atoms with Crippen LogP contribution >= 0.6 is 0 Å². The van der Waals surface area contributed by atoms with Crippen LogP contribution in [0.4, 0.5) is 0 Å². The zero-order chi connectivity index (χ0) is 11.9. The summed E-state index contributed by atoms with van der Waals surface area (Å²) >= 11 is 0. The van der Waals surface area contributed by atoms with Gasteiger partial charge in [-0.2, -0.15) is 5.10 Å². The van der Waals surface area contributed by atoms with Crippen molar-refractivity contribution in [3.8, 4) is 11.4 Å². The number of aromatic nitrogens is 3. The Morgan fingerprint density at radius 1 is 1.12 bits per heavy atom. The van der Waals surface area contributed by atoms with Crippen LogP contribution in [0.15, 0.2) is 4.42 Å². The molecular formula is C12H17N3O. The number of aryl methyl sites for hydroxylation is 2. The van der Waals surface area contributed by atoms with E-state index in [1.54, 1.807) is 0 Å². The first-order chi connectivity index (χ1) is 7.50. The third-order valence-electron chi connectivity index (χ3n) is 2.83. The molecule has 0 unspecified atom stereocenters. The minimum Gasteiger partial charge on any atom is -0.466 e. The number of nitrogens with zero attached hydrogens (tertiary/aromatic N) is 2. The lowest BCUT2D eigenvalue weighted by atomic mass is 10.1. The molecule has 1 N–H and O–H groups in total. The predicted molar refractivity (Wildman–Crippen MR) is 62.4 cm³/mol. The maximum Gasteiger partial charge on any atom is 0.184 e. The van der Waals surface area contributed by atoms with E-state index in [1.165, 1.54) is 0 Å². The van der Waals surface area contributed by atoms with Crippen molar-refractivity contribution in [3.05, 3.63) is 22.9 Å². The van der Waals surface area contributed by atoms with Crippen LogP contribution in [-0.2, 0) is 0 Å². The fourth-order valence-corrected chi connectivity index (χ4v) is 1.77. The largest absolute Gasteiger partial charge is 0.466 e. The highest BCUT2D eigenvalue weighted by Crippen LogP contribution is 2.29. The molecule has 0 fully saturated rings. The molecule has 0 aliphatic heterocycles. The smallest absolute Gasteiger partial charge is 0.184 e. The maximum absolute atomic E-state index is 5.58. The number of hydrogen-bond acceptors (Lipinski definition) is 3. The lowest BCUT2D eigenvalue weighted by Crippen LogP contribution is -1.89. The maximum atomic E-state index is 5.58. The van der Waals surface area contributed by atoms with Crippen molar-refractivity contribution >= 4 is 0 Å². The first-order valence-electron chi connectivity index (χ1n) is 5.50. The molecule has 2 aromatic heterocycles. The number of aromatic amines is 1. The summed E-state index contributed by atoms with van der Waals surface area (Å²) in [5, 5.41) is 7.21.